The van der Waals surface area contributed by atoms with Crippen molar-refractivity contribution < 1.29 is 13.9 Å². The summed E-state index contributed by atoms with van der Waals surface area (Å²) in [6.45, 7) is 1.35. The van der Waals surface area contributed by atoms with Crippen LogP contribution in [0.25, 0.3) is 0 Å². The fourth-order valence-corrected chi connectivity index (χ4v) is 1.94. The van der Waals surface area contributed by atoms with E-state index in [1.807, 2.05) is 0 Å². The molecule has 0 radical (unpaired) electrons. The number of rotatable bonds is 4. The van der Waals surface area contributed by atoms with Gasteiger partial charge in [0.15, 0.2) is 11.6 Å². The van der Waals surface area contributed by atoms with Crippen molar-refractivity contribution in [2.45, 2.75) is 25.5 Å². The highest BCUT2D eigenvalue weighted by molar-refractivity contribution is 5.17. The van der Waals surface area contributed by atoms with Crippen molar-refractivity contribution in [3.05, 3.63) is 35.4 Å². The van der Waals surface area contributed by atoms with Crippen LogP contribution < -0.4 is 5.32 Å². The van der Waals surface area contributed by atoms with Crippen molar-refractivity contribution in [3.8, 4) is 0 Å². The summed E-state index contributed by atoms with van der Waals surface area (Å²) >= 11 is 0. The molecule has 0 spiro atoms. The van der Waals surface area contributed by atoms with E-state index in [9.17, 15) is 8.78 Å². The molecule has 0 bridgehead atoms. The van der Waals surface area contributed by atoms with Crippen molar-refractivity contribution in [1.82, 2.24) is 5.32 Å². The summed E-state index contributed by atoms with van der Waals surface area (Å²) in [4.78, 5) is 0. The van der Waals surface area contributed by atoms with Gasteiger partial charge in [-0.25, -0.2) is 8.78 Å². The number of hydrogen-bond donors (Lipinski definition) is 2. The first-order valence-corrected chi connectivity index (χ1v) is 5.48. The molecule has 1 aromatic rings. The van der Waals surface area contributed by atoms with E-state index in [1.54, 1.807) is 6.07 Å². The third-order valence-electron chi connectivity index (χ3n) is 2.96. The predicted molar refractivity (Wildman–Crippen MR) is 56.8 cm³/mol. The highest BCUT2D eigenvalue weighted by Crippen LogP contribution is 2.26. The molecule has 0 heterocycles. The number of halogens is 2. The van der Waals surface area contributed by atoms with Gasteiger partial charge in [-0.2, -0.15) is 0 Å². The van der Waals surface area contributed by atoms with Gasteiger partial charge in [-0.05, 0) is 43.0 Å². The fourth-order valence-electron chi connectivity index (χ4n) is 1.94. The van der Waals surface area contributed by atoms with Gasteiger partial charge in [0.1, 0.15) is 0 Å². The van der Waals surface area contributed by atoms with E-state index in [-0.39, 0.29) is 6.10 Å². The smallest absolute Gasteiger partial charge is 0.159 e. The summed E-state index contributed by atoms with van der Waals surface area (Å²) in [6.07, 6.45) is 1.53. The van der Waals surface area contributed by atoms with Gasteiger partial charge < -0.3 is 10.4 Å². The molecule has 1 saturated carbocycles. The van der Waals surface area contributed by atoms with Crippen LogP contribution in [0.4, 0.5) is 8.78 Å². The Balaban J connectivity index is 1.74. The minimum Gasteiger partial charge on any atom is -0.393 e. The van der Waals surface area contributed by atoms with Crippen molar-refractivity contribution in [2.24, 2.45) is 5.92 Å². The molecule has 1 fully saturated rings. The molecular weight excluding hydrogens is 212 g/mol. The molecule has 0 aliphatic heterocycles. The number of aliphatic hydroxyl groups is 1. The monoisotopic (exact) mass is 227 g/mol. The summed E-state index contributed by atoms with van der Waals surface area (Å²) < 4.78 is 25.5. The van der Waals surface area contributed by atoms with Crippen molar-refractivity contribution >= 4 is 0 Å². The van der Waals surface area contributed by atoms with Gasteiger partial charge in [0.25, 0.3) is 0 Å². The number of benzene rings is 1. The number of nitrogens with one attached hydrogen (secondary N) is 1. The molecule has 4 heteroatoms. The van der Waals surface area contributed by atoms with Crippen LogP contribution in [-0.2, 0) is 6.54 Å². The Morgan fingerprint density at radius 3 is 2.62 bits per heavy atom. The Bertz CT molecular complexity index is 364. The Kier molecular flexibility index (Phi) is 3.51. The van der Waals surface area contributed by atoms with Gasteiger partial charge in [-0.1, -0.05) is 6.07 Å². The van der Waals surface area contributed by atoms with Crippen LogP contribution in [0.15, 0.2) is 18.2 Å². The Labute approximate surface area is 93.3 Å². The fraction of sp³-hybridized carbons (Fsp3) is 0.500. The number of aliphatic hydroxyl groups excluding tert-OH is 1. The lowest BCUT2D eigenvalue weighted by atomic mass is 9.82. The normalized spacial score (nSPS) is 24.2. The van der Waals surface area contributed by atoms with E-state index < -0.39 is 11.6 Å². The van der Waals surface area contributed by atoms with E-state index in [4.69, 9.17) is 5.11 Å². The molecule has 0 amide bonds. The van der Waals surface area contributed by atoms with Crippen molar-refractivity contribution in [3.63, 3.8) is 0 Å². The van der Waals surface area contributed by atoms with Crippen LogP contribution in [0, 0.1) is 17.6 Å². The van der Waals surface area contributed by atoms with Gasteiger partial charge in [0.2, 0.25) is 0 Å². The first-order valence-electron chi connectivity index (χ1n) is 5.48. The second kappa shape index (κ2) is 4.89. The molecule has 16 heavy (non-hydrogen) atoms. The number of hydrogen-bond acceptors (Lipinski definition) is 2. The van der Waals surface area contributed by atoms with Gasteiger partial charge in [-0.15, -0.1) is 0 Å². The Morgan fingerprint density at radius 1 is 1.25 bits per heavy atom. The summed E-state index contributed by atoms with van der Waals surface area (Å²) in [5, 5.41) is 12.3. The summed E-state index contributed by atoms with van der Waals surface area (Å²) in [5.74, 6) is -1.11. The average Bonchev–Trinajstić information content (AvgIpc) is 2.21. The molecule has 2 nitrogen and oxygen atoms in total. The average molecular weight is 227 g/mol. The molecule has 0 atom stereocenters. The first-order chi connectivity index (χ1) is 7.65. The predicted octanol–water partition coefficient (Wildman–Crippen LogP) is 1.83. The largest absolute Gasteiger partial charge is 0.393 e. The van der Waals surface area contributed by atoms with Crippen molar-refractivity contribution in [2.75, 3.05) is 6.54 Å². The quantitative estimate of drug-likeness (QED) is 0.822. The molecule has 0 aromatic heterocycles. The molecule has 2 rings (SSSR count). The molecule has 0 saturated heterocycles. The standard InChI is InChI=1S/C12H15F2NO/c13-11-2-1-8(5-12(11)14)6-15-7-9-3-10(16)4-9/h1-2,5,9-10,15-16H,3-4,6-7H2. The van der Waals surface area contributed by atoms with Crippen LogP contribution in [-0.4, -0.2) is 17.8 Å². The SMILES string of the molecule is OC1CC(CNCc2ccc(F)c(F)c2)C1. The van der Waals surface area contributed by atoms with Crippen LogP contribution in [0.2, 0.25) is 0 Å². The lowest BCUT2D eigenvalue weighted by molar-refractivity contribution is 0.0430. The van der Waals surface area contributed by atoms with Gasteiger partial charge in [-0.3, -0.25) is 0 Å². The first kappa shape index (κ1) is 11.5. The van der Waals surface area contributed by atoms with E-state index in [2.05, 4.69) is 5.32 Å². The molecule has 1 aromatic carbocycles. The third-order valence-corrected chi connectivity index (χ3v) is 2.96. The molecule has 1 aliphatic carbocycles. The topological polar surface area (TPSA) is 32.3 Å². The zero-order valence-corrected chi connectivity index (χ0v) is 8.92. The van der Waals surface area contributed by atoms with Gasteiger partial charge in [0, 0.05) is 6.54 Å². The van der Waals surface area contributed by atoms with Crippen LogP contribution in [0.5, 0.6) is 0 Å². The minimum absolute atomic E-state index is 0.143. The summed E-state index contributed by atoms with van der Waals surface area (Å²) in [6, 6.07) is 3.92. The van der Waals surface area contributed by atoms with Gasteiger partial charge in [0.05, 0.1) is 6.10 Å². The summed E-state index contributed by atoms with van der Waals surface area (Å²) in [5.41, 5.74) is 0.735. The van der Waals surface area contributed by atoms with E-state index in [0.717, 1.165) is 31.0 Å². The van der Waals surface area contributed by atoms with E-state index >= 15 is 0 Å². The van der Waals surface area contributed by atoms with E-state index in [1.165, 1.54) is 6.07 Å². The van der Waals surface area contributed by atoms with Crippen LogP contribution in [0.1, 0.15) is 18.4 Å². The Morgan fingerprint density at radius 2 is 2.00 bits per heavy atom. The van der Waals surface area contributed by atoms with Crippen LogP contribution >= 0.6 is 0 Å². The Hall–Kier alpha value is -1.00. The highest BCUT2D eigenvalue weighted by atomic mass is 19.2. The third kappa shape index (κ3) is 2.77. The molecular formula is C12H15F2NO. The highest BCUT2D eigenvalue weighted by Gasteiger charge is 2.26. The molecule has 0 unspecified atom stereocenters. The second-order valence-electron chi connectivity index (χ2n) is 4.37. The minimum atomic E-state index is -0.814. The zero-order chi connectivity index (χ0) is 11.5. The lowest BCUT2D eigenvalue weighted by Gasteiger charge is -2.31. The molecule has 2 N–H and O–H groups in total. The maximum atomic E-state index is 12.9. The molecule has 88 valence electrons. The van der Waals surface area contributed by atoms with Crippen molar-refractivity contribution in [1.29, 1.82) is 0 Å². The lowest BCUT2D eigenvalue weighted by Crippen LogP contribution is -2.35. The second-order valence-corrected chi connectivity index (χ2v) is 4.37. The van der Waals surface area contributed by atoms with Gasteiger partial charge >= 0.3 is 0 Å². The maximum absolute atomic E-state index is 12.9. The maximum Gasteiger partial charge on any atom is 0.159 e. The van der Waals surface area contributed by atoms with Crippen LogP contribution in [0.3, 0.4) is 0 Å². The zero-order valence-electron chi connectivity index (χ0n) is 8.92. The molecule has 1 aliphatic rings. The van der Waals surface area contributed by atoms with E-state index in [0.29, 0.717) is 12.5 Å². The summed E-state index contributed by atoms with van der Waals surface area (Å²) in [7, 11) is 0.